The first kappa shape index (κ1) is 27.8. The van der Waals surface area contributed by atoms with Crippen LogP contribution in [-0.4, -0.2) is 34.6 Å². The van der Waals surface area contributed by atoms with Gasteiger partial charge in [0.05, 0.1) is 15.8 Å². The smallest absolute Gasteiger partial charge is 0.297 e. The number of amides is 1. The molecule has 1 amide bonds. The zero-order chi connectivity index (χ0) is 28.1. The van der Waals surface area contributed by atoms with Crippen LogP contribution in [0.4, 0.5) is 5.69 Å². The zero-order valence-electron chi connectivity index (χ0n) is 21.8. The summed E-state index contributed by atoms with van der Waals surface area (Å²) in [5.74, 6) is 0.0164. The third-order valence-electron chi connectivity index (χ3n) is 7.07. The first-order valence-electron chi connectivity index (χ1n) is 13.2. The molecule has 0 aliphatic heterocycles. The molecule has 0 saturated heterocycles. The number of aliphatic hydroxyl groups is 1. The van der Waals surface area contributed by atoms with Gasteiger partial charge in [0.2, 0.25) is 0 Å². The minimum absolute atomic E-state index is 0.0596. The normalized spacial score (nSPS) is 14.6. The summed E-state index contributed by atoms with van der Waals surface area (Å²) in [7, 11) is 0. The lowest BCUT2D eigenvalue weighted by Crippen LogP contribution is -2.24. The van der Waals surface area contributed by atoms with Crippen molar-refractivity contribution < 1.29 is 19.4 Å². The van der Waals surface area contributed by atoms with Gasteiger partial charge in [-0.3, -0.25) is 19.0 Å². The summed E-state index contributed by atoms with van der Waals surface area (Å²) < 4.78 is 7.43. The van der Waals surface area contributed by atoms with E-state index in [1.54, 1.807) is 30.5 Å². The molecular formula is C31H29ClN2O5S. The molecule has 0 bridgehead atoms. The predicted octanol–water partition coefficient (Wildman–Crippen LogP) is 5.94. The number of halogens is 1. The molecule has 1 unspecified atom stereocenters. The Morgan fingerprint density at radius 3 is 2.75 bits per heavy atom. The van der Waals surface area contributed by atoms with E-state index in [1.165, 1.54) is 15.9 Å². The van der Waals surface area contributed by atoms with E-state index in [0.717, 1.165) is 48.9 Å². The summed E-state index contributed by atoms with van der Waals surface area (Å²) in [6.45, 7) is -0.105. The van der Waals surface area contributed by atoms with Gasteiger partial charge in [-0.2, -0.15) is 0 Å². The number of Topliss-reactive ketones (excluding diaryl/α,β-unsaturated/α-hetero) is 1. The van der Waals surface area contributed by atoms with Crippen LogP contribution in [0.5, 0.6) is 5.75 Å². The molecule has 2 aromatic heterocycles. The van der Waals surface area contributed by atoms with Crippen LogP contribution in [0.15, 0.2) is 77.7 Å². The number of fused-ring (bicyclic) bond motifs is 1. The average molecular weight is 577 g/mol. The SMILES string of the molecule is O=C(Nc1cccc2c1CCC(CCCc1cccc(-n3cccc(OCCO)c3=O)c1)C2=O)c1ccc(Cl)s1. The van der Waals surface area contributed by atoms with Crippen molar-refractivity contribution >= 4 is 40.3 Å². The highest BCUT2D eigenvalue weighted by Crippen LogP contribution is 2.34. The number of ketones is 1. The summed E-state index contributed by atoms with van der Waals surface area (Å²) in [5, 5.41) is 11.9. The van der Waals surface area contributed by atoms with Gasteiger partial charge in [0.25, 0.3) is 11.5 Å². The van der Waals surface area contributed by atoms with E-state index < -0.39 is 0 Å². The molecule has 0 fully saturated rings. The van der Waals surface area contributed by atoms with E-state index >= 15 is 0 Å². The summed E-state index contributed by atoms with van der Waals surface area (Å²) in [4.78, 5) is 39.3. The highest BCUT2D eigenvalue weighted by atomic mass is 35.5. The second-order valence-corrected chi connectivity index (χ2v) is 11.4. The average Bonchev–Trinajstić information content (AvgIpc) is 3.40. The molecule has 4 aromatic rings. The summed E-state index contributed by atoms with van der Waals surface area (Å²) in [5.41, 5.74) is 3.78. The molecule has 1 aliphatic carbocycles. The van der Waals surface area contributed by atoms with Crippen molar-refractivity contribution in [2.24, 2.45) is 5.92 Å². The molecule has 40 heavy (non-hydrogen) atoms. The number of carbonyl (C=O) groups is 2. The molecule has 7 nitrogen and oxygen atoms in total. The lowest BCUT2D eigenvalue weighted by Gasteiger charge is -2.25. The van der Waals surface area contributed by atoms with Crippen LogP contribution < -0.4 is 15.6 Å². The van der Waals surface area contributed by atoms with Crippen molar-refractivity contribution in [2.75, 3.05) is 18.5 Å². The van der Waals surface area contributed by atoms with E-state index in [1.807, 2.05) is 42.5 Å². The third-order valence-corrected chi connectivity index (χ3v) is 8.30. The molecular weight excluding hydrogens is 548 g/mol. The maximum absolute atomic E-state index is 13.4. The molecule has 2 aromatic carbocycles. The van der Waals surface area contributed by atoms with Gasteiger partial charge in [0.1, 0.15) is 6.61 Å². The number of nitrogens with one attached hydrogen (secondary N) is 1. The van der Waals surface area contributed by atoms with Gasteiger partial charge in [0, 0.05) is 29.1 Å². The molecule has 9 heteroatoms. The maximum Gasteiger partial charge on any atom is 0.297 e. The van der Waals surface area contributed by atoms with Gasteiger partial charge in [-0.1, -0.05) is 35.9 Å². The van der Waals surface area contributed by atoms with Crippen LogP contribution in [0.3, 0.4) is 0 Å². The quantitative estimate of drug-likeness (QED) is 0.243. The van der Waals surface area contributed by atoms with Crippen LogP contribution in [0.1, 0.15) is 50.4 Å². The van der Waals surface area contributed by atoms with Crippen molar-refractivity contribution in [1.29, 1.82) is 0 Å². The summed E-state index contributed by atoms with van der Waals surface area (Å²) in [6.07, 6.45) is 5.52. The molecule has 1 aliphatic rings. The van der Waals surface area contributed by atoms with Crippen molar-refractivity contribution in [3.05, 3.63) is 109 Å². The van der Waals surface area contributed by atoms with Crippen molar-refractivity contribution in [2.45, 2.75) is 32.1 Å². The number of aliphatic hydroxyl groups excluding tert-OH is 1. The highest BCUT2D eigenvalue weighted by Gasteiger charge is 2.29. The topological polar surface area (TPSA) is 97.6 Å². The van der Waals surface area contributed by atoms with E-state index in [4.69, 9.17) is 21.4 Å². The van der Waals surface area contributed by atoms with Crippen LogP contribution in [0, 0.1) is 5.92 Å². The highest BCUT2D eigenvalue weighted by molar-refractivity contribution is 7.18. The molecule has 0 radical (unpaired) electrons. The Bertz CT molecular complexity index is 1590. The summed E-state index contributed by atoms with van der Waals surface area (Å²) >= 11 is 7.19. The number of hydrogen-bond acceptors (Lipinski definition) is 6. The number of pyridine rings is 1. The Morgan fingerprint density at radius 2 is 1.95 bits per heavy atom. The number of nitrogens with zero attached hydrogens (tertiary/aromatic N) is 1. The van der Waals surface area contributed by atoms with Crippen molar-refractivity contribution in [1.82, 2.24) is 4.57 Å². The number of benzene rings is 2. The second-order valence-electron chi connectivity index (χ2n) is 9.67. The Balaban J connectivity index is 1.22. The van der Waals surface area contributed by atoms with Gasteiger partial charge in [-0.15, -0.1) is 11.3 Å². The van der Waals surface area contributed by atoms with Crippen LogP contribution in [-0.2, 0) is 12.8 Å². The Hall–Kier alpha value is -3.72. The van der Waals surface area contributed by atoms with Crippen LogP contribution in [0.2, 0.25) is 4.34 Å². The van der Waals surface area contributed by atoms with Gasteiger partial charge < -0.3 is 15.2 Å². The molecule has 5 rings (SSSR count). The summed E-state index contributed by atoms with van der Waals surface area (Å²) in [6, 6.07) is 20.0. The monoisotopic (exact) mass is 576 g/mol. The van der Waals surface area contributed by atoms with E-state index in [2.05, 4.69) is 5.32 Å². The lowest BCUT2D eigenvalue weighted by atomic mass is 9.79. The first-order chi connectivity index (χ1) is 19.4. The van der Waals surface area contributed by atoms with Crippen molar-refractivity contribution in [3.8, 4) is 11.4 Å². The number of ether oxygens (including phenoxy) is 1. The number of anilines is 1. The zero-order valence-corrected chi connectivity index (χ0v) is 23.3. The third kappa shape index (κ3) is 6.20. The number of carbonyl (C=O) groups excluding carboxylic acids is 2. The minimum Gasteiger partial charge on any atom is -0.485 e. The number of aryl methyl sites for hydroxylation is 1. The van der Waals surface area contributed by atoms with Gasteiger partial charge in [-0.05, 0) is 85.7 Å². The predicted molar refractivity (Wildman–Crippen MR) is 157 cm³/mol. The lowest BCUT2D eigenvalue weighted by molar-refractivity contribution is 0.0892. The number of rotatable bonds is 10. The molecule has 1 atom stereocenters. The standard InChI is InChI=1S/C31H29ClN2O5S/c32-28-15-14-27(40-28)30(37)33-25-10-3-9-24-23(25)13-12-21(29(24)36)7-1-5-20-6-2-8-22(19-20)34-16-4-11-26(31(34)38)39-18-17-35/h2-4,6,8-11,14-16,19,21,35H,1,5,7,12-13,17-18H2,(H,33,37). The van der Waals surface area contributed by atoms with Crippen LogP contribution in [0.25, 0.3) is 5.69 Å². The molecule has 0 spiro atoms. The van der Waals surface area contributed by atoms with Gasteiger partial charge in [-0.25, -0.2) is 0 Å². The van der Waals surface area contributed by atoms with Crippen molar-refractivity contribution in [3.63, 3.8) is 0 Å². The Labute approximate surface area is 241 Å². The Morgan fingerprint density at radius 1 is 1.10 bits per heavy atom. The molecule has 0 saturated carbocycles. The fourth-order valence-corrected chi connectivity index (χ4v) is 6.07. The first-order valence-corrected chi connectivity index (χ1v) is 14.4. The van der Waals surface area contributed by atoms with Gasteiger partial charge >= 0.3 is 0 Å². The fourth-order valence-electron chi connectivity index (χ4n) is 5.13. The van der Waals surface area contributed by atoms with E-state index in [0.29, 0.717) is 20.5 Å². The van der Waals surface area contributed by atoms with E-state index in [9.17, 15) is 14.4 Å². The fraction of sp³-hybridized carbons (Fsp3) is 0.258. The second kappa shape index (κ2) is 12.6. The van der Waals surface area contributed by atoms with E-state index in [-0.39, 0.29) is 42.1 Å². The number of aromatic nitrogens is 1. The number of hydrogen-bond donors (Lipinski definition) is 2. The van der Waals surface area contributed by atoms with Gasteiger partial charge in [0.15, 0.2) is 11.5 Å². The molecule has 2 N–H and O–H groups in total. The number of thiophene rings is 1. The minimum atomic E-state index is -0.283. The largest absolute Gasteiger partial charge is 0.485 e. The molecule has 2 heterocycles. The van der Waals surface area contributed by atoms with Crippen LogP contribution >= 0.6 is 22.9 Å². The molecule has 206 valence electrons. The Kier molecular flexibility index (Phi) is 8.79. The maximum atomic E-state index is 13.4.